The quantitative estimate of drug-likeness (QED) is 0.912. The van der Waals surface area contributed by atoms with Gasteiger partial charge in [0.25, 0.3) is 5.91 Å². The molecule has 2 aromatic rings. The molecule has 1 aromatic carbocycles. The SMILES string of the molecule is O=C(c1ccc2c(c1)CCCO2)N1CCC([C@H](O)c2cccs2)CC1. The van der Waals surface area contributed by atoms with Gasteiger partial charge in [0.1, 0.15) is 5.75 Å². The number of aliphatic hydroxyl groups excluding tert-OH is 1. The Kier molecular flexibility index (Phi) is 4.77. The lowest BCUT2D eigenvalue weighted by molar-refractivity contribution is 0.0474. The minimum atomic E-state index is -0.404. The van der Waals surface area contributed by atoms with Crippen LogP contribution in [0.25, 0.3) is 0 Å². The van der Waals surface area contributed by atoms with E-state index in [1.165, 1.54) is 0 Å². The number of carbonyl (C=O) groups excluding carboxylic acids is 1. The molecule has 4 rings (SSSR count). The fourth-order valence-corrected chi connectivity index (χ4v) is 4.59. The Bertz CT molecular complexity index is 735. The molecule has 1 fully saturated rings. The molecular weight excluding hydrogens is 334 g/mol. The largest absolute Gasteiger partial charge is 0.493 e. The predicted molar refractivity (Wildman–Crippen MR) is 98.2 cm³/mol. The van der Waals surface area contributed by atoms with Crippen molar-refractivity contribution in [2.75, 3.05) is 19.7 Å². The van der Waals surface area contributed by atoms with E-state index in [0.717, 1.165) is 54.0 Å². The molecule has 1 aromatic heterocycles. The van der Waals surface area contributed by atoms with E-state index in [1.807, 2.05) is 40.6 Å². The van der Waals surface area contributed by atoms with Gasteiger partial charge >= 0.3 is 0 Å². The second kappa shape index (κ2) is 7.18. The molecule has 0 radical (unpaired) electrons. The van der Waals surface area contributed by atoms with E-state index in [9.17, 15) is 9.90 Å². The molecule has 2 aliphatic heterocycles. The van der Waals surface area contributed by atoms with Crippen LogP contribution in [0.5, 0.6) is 5.75 Å². The monoisotopic (exact) mass is 357 g/mol. The normalized spacial score (nSPS) is 19.2. The van der Waals surface area contributed by atoms with E-state index < -0.39 is 6.10 Å². The Balaban J connectivity index is 1.39. The number of benzene rings is 1. The predicted octanol–water partition coefficient (Wildman–Crippen LogP) is 3.66. The van der Waals surface area contributed by atoms with Crippen molar-refractivity contribution in [3.8, 4) is 5.75 Å². The molecule has 0 spiro atoms. The van der Waals surface area contributed by atoms with E-state index >= 15 is 0 Å². The van der Waals surface area contributed by atoms with E-state index in [1.54, 1.807) is 11.3 Å². The minimum Gasteiger partial charge on any atom is -0.493 e. The standard InChI is InChI=1S/C20H23NO3S/c22-19(18-4-2-12-25-18)14-7-9-21(10-8-14)20(23)16-5-6-17-15(13-16)3-1-11-24-17/h2,4-6,12-14,19,22H,1,3,7-11H2/t19-/m0/s1. The topological polar surface area (TPSA) is 49.8 Å². The first-order chi connectivity index (χ1) is 12.2. The summed E-state index contributed by atoms with van der Waals surface area (Å²) in [5, 5.41) is 12.5. The average molecular weight is 357 g/mol. The van der Waals surface area contributed by atoms with Gasteiger partial charge in [-0.15, -0.1) is 11.3 Å². The fraction of sp³-hybridized carbons (Fsp3) is 0.450. The molecule has 5 heteroatoms. The summed E-state index contributed by atoms with van der Waals surface area (Å²) in [4.78, 5) is 15.8. The van der Waals surface area contributed by atoms with Crippen LogP contribution < -0.4 is 4.74 Å². The van der Waals surface area contributed by atoms with Gasteiger partial charge in [-0.05, 0) is 66.8 Å². The zero-order valence-electron chi connectivity index (χ0n) is 14.2. The lowest BCUT2D eigenvalue weighted by atomic mass is 9.90. The number of piperidine rings is 1. The van der Waals surface area contributed by atoms with Crippen LogP contribution in [-0.2, 0) is 6.42 Å². The lowest BCUT2D eigenvalue weighted by Crippen LogP contribution is -2.39. The second-order valence-corrected chi connectivity index (χ2v) is 7.84. The zero-order valence-corrected chi connectivity index (χ0v) is 15.0. The summed E-state index contributed by atoms with van der Waals surface area (Å²) in [5.74, 6) is 1.25. The van der Waals surface area contributed by atoms with Crippen molar-refractivity contribution in [2.45, 2.75) is 31.8 Å². The number of fused-ring (bicyclic) bond motifs is 1. The zero-order chi connectivity index (χ0) is 17.2. The van der Waals surface area contributed by atoms with Gasteiger partial charge in [-0.25, -0.2) is 0 Å². The van der Waals surface area contributed by atoms with Gasteiger partial charge in [0.05, 0.1) is 12.7 Å². The highest BCUT2D eigenvalue weighted by Crippen LogP contribution is 2.33. The summed E-state index contributed by atoms with van der Waals surface area (Å²) >= 11 is 1.60. The third-order valence-corrected chi connectivity index (χ3v) is 6.21. The number of carbonyl (C=O) groups is 1. The Morgan fingerprint density at radius 1 is 1.28 bits per heavy atom. The van der Waals surface area contributed by atoms with Gasteiger partial charge in [0, 0.05) is 23.5 Å². The fourth-order valence-electron chi connectivity index (χ4n) is 3.79. The van der Waals surface area contributed by atoms with Crippen molar-refractivity contribution >= 4 is 17.2 Å². The number of aliphatic hydroxyl groups is 1. The maximum absolute atomic E-state index is 12.8. The number of rotatable bonds is 3. The Labute approximate surface area is 152 Å². The molecule has 0 unspecified atom stereocenters. The lowest BCUT2D eigenvalue weighted by Gasteiger charge is -2.34. The van der Waals surface area contributed by atoms with Crippen molar-refractivity contribution in [2.24, 2.45) is 5.92 Å². The number of hydrogen-bond donors (Lipinski definition) is 1. The molecule has 0 bridgehead atoms. The van der Waals surface area contributed by atoms with Crippen molar-refractivity contribution in [1.82, 2.24) is 4.90 Å². The smallest absolute Gasteiger partial charge is 0.253 e. The van der Waals surface area contributed by atoms with Crippen LogP contribution in [0.1, 0.15) is 46.2 Å². The van der Waals surface area contributed by atoms with E-state index in [-0.39, 0.29) is 11.8 Å². The van der Waals surface area contributed by atoms with Gasteiger partial charge in [-0.3, -0.25) is 4.79 Å². The molecule has 1 atom stereocenters. The van der Waals surface area contributed by atoms with Crippen LogP contribution in [0.3, 0.4) is 0 Å². The first-order valence-corrected chi connectivity index (χ1v) is 9.87. The number of aryl methyl sites for hydroxylation is 1. The first-order valence-electron chi connectivity index (χ1n) is 8.99. The Hall–Kier alpha value is -1.85. The average Bonchev–Trinajstić information content (AvgIpc) is 3.21. The number of hydrogen-bond acceptors (Lipinski definition) is 4. The van der Waals surface area contributed by atoms with Crippen LogP contribution in [0.2, 0.25) is 0 Å². The third kappa shape index (κ3) is 3.44. The first kappa shape index (κ1) is 16.6. The molecule has 1 amide bonds. The summed E-state index contributed by atoms with van der Waals surface area (Å²) in [5.41, 5.74) is 1.89. The molecule has 2 aliphatic rings. The van der Waals surface area contributed by atoms with Gasteiger partial charge in [0.15, 0.2) is 0 Å². The van der Waals surface area contributed by atoms with Crippen molar-refractivity contribution < 1.29 is 14.6 Å². The summed E-state index contributed by atoms with van der Waals surface area (Å²) in [6, 6.07) is 9.75. The molecule has 25 heavy (non-hydrogen) atoms. The van der Waals surface area contributed by atoms with Crippen LogP contribution in [0, 0.1) is 5.92 Å². The third-order valence-electron chi connectivity index (χ3n) is 5.26. The van der Waals surface area contributed by atoms with Crippen LogP contribution in [0.15, 0.2) is 35.7 Å². The highest BCUT2D eigenvalue weighted by Gasteiger charge is 2.29. The van der Waals surface area contributed by atoms with Crippen molar-refractivity contribution in [1.29, 1.82) is 0 Å². The van der Waals surface area contributed by atoms with Gasteiger partial charge < -0.3 is 14.7 Å². The maximum atomic E-state index is 12.8. The highest BCUT2D eigenvalue weighted by atomic mass is 32.1. The summed E-state index contributed by atoms with van der Waals surface area (Å²) in [6.07, 6.45) is 3.28. The summed E-state index contributed by atoms with van der Waals surface area (Å²) in [6.45, 7) is 2.18. The van der Waals surface area contributed by atoms with Crippen molar-refractivity contribution in [3.63, 3.8) is 0 Å². The molecule has 4 nitrogen and oxygen atoms in total. The van der Waals surface area contributed by atoms with E-state index in [2.05, 4.69) is 0 Å². The van der Waals surface area contributed by atoms with Crippen LogP contribution in [-0.4, -0.2) is 35.6 Å². The van der Waals surface area contributed by atoms with Crippen molar-refractivity contribution in [3.05, 3.63) is 51.7 Å². The molecule has 1 N–H and O–H groups in total. The number of likely N-dealkylation sites (tertiary alicyclic amines) is 1. The van der Waals surface area contributed by atoms with Crippen LogP contribution >= 0.6 is 11.3 Å². The molecule has 3 heterocycles. The molecule has 0 aliphatic carbocycles. The van der Waals surface area contributed by atoms with Gasteiger partial charge in [-0.2, -0.15) is 0 Å². The molecular formula is C20H23NO3S. The summed E-state index contributed by atoms with van der Waals surface area (Å²) < 4.78 is 5.63. The number of ether oxygens (including phenoxy) is 1. The highest BCUT2D eigenvalue weighted by molar-refractivity contribution is 7.10. The number of thiophene rings is 1. The van der Waals surface area contributed by atoms with Gasteiger partial charge in [-0.1, -0.05) is 6.07 Å². The number of amides is 1. The van der Waals surface area contributed by atoms with E-state index in [4.69, 9.17) is 4.74 Å². The summed E-state index contributed by atoms with van der Waals surface area (Å²) in [7, 11) is 0. The van der Waals surface area contributed by atoms with Gasteiger partial charge in [0.2, 0.25) is 0 Å². The Morgan fingerprint density at radius 2 is 2.12 bits per heavy atom. The molecule has 0 saturated carbocycles. The Morgan fingerprint density at radius 3 is 2.88 bits per heavy atom. The second-order valence-electron chi connectivity index (χ2n) is 6.86. The minimum absolute atomic E-state index is 0.0948. The number of nitrogens with zero attached hydrogens (tertiary/aromatic N) is 1. The molecule has 1 saturated heterocycles. The maximum Gasteiger partial charge on any atom is 0.253 e. The van der Waals surface area contributed by atoms with Crippen LogP contribution in [0.4, 0.5) is 0 Å². The van der Waals surface area contributed by atoms with E-state index in [0.29, 0.717) is 13.1 Å². The molecule has 132 valence electrons.